The first-order valence-corrected chi connectivity index (χ1v) is 3.85. The lowest BCUT2D eigenvalue weighted by atomic mass is 10.4. The molecule has 0 aliphatic carbocycles. The number of ether oxygens (including phenoxy) is 1. The summed E-state index contributed by atoms with van der Waals surface area (Å²) in [5, 5.41) is 3.31. The minimum absolute atomic E-state index is 0. The third kappa shape index (κ3) is 6.03. The van der Waals surface area contributed by atoms with Gasteiger partial charge in [-0.1, -0.05) is 0 Å². The summed E-state index contributed by atoms with van der Waals surface area (Å²) in [5.74, 6) is 0. The summed E-state index contributed by atoms with van der Waals surface area (Å²) < 4.78 is 4.98. The number of halogens is 2. The molecule has 1 heterocycles. The van der Waals surface area contributed by atoms with Crippen LogP contribution in [0.15, 0.2) is 0 Å². The highest BCUT2D eigenvalue weighted by Crippen LogP contribution is 1.90. The zero-order valence-electron chi connectivity index (χ0n) is 7.41. The second-order valence-electron chi connectivity index (χ2n) is 2.58. The van der Waals surface area contributed by atoms with Crippen molar-refractivity contribution in [2.24, 2.45) is 0 Å². The van der Waals surface area contributed by atoms with Gasteiger partial charge in [0.2, 0.25) is 0 Å². The van der Waals surface area contributed by atoms with Crippen LogP contribution in [-0.4, -0.2) is 51.3 Å². The quantitative estimate of drug-likeness (QED) is 0.739. The summed E-state index contributed by atoms with van der Waals surface area (Å²) >= 11 is 0. The van der Waals surface area contributed by atoms with E-state index in [4.69, 9.17) is 4.74 Å². The fraction of sp³-hybridized carbons (Fsp3) is 1.00. The summed E-state index contributed by atoms with van der Waals surface area (Å²) in [4.78, 5) is 2.42. The van der Waals surface area contributed by atoms with Gasteiger partial charge in [0, 0.05) is 39.8 Å². The lowest BCUT2D eigenvalue weighted by Gasteiger charge is -2.26. The maximum atomic E-state index is 4.98. The van der Waals surface area contributed by atoms with Crippen LogP contribution >= 0.6 is 24.8 Å². The van der Waals surface area contributed by atoms with E-state index >= 15 is 0 Å². The average Bonchev–Trinajstić information content (AvgIpc) is 2.03. The molecule has 1 aliphatic heterocycles. The molecule has 5 heteroatoms. The molecule has 0 radical (unpaired) electrons. The molecule has 76 valence electrons. The monoisotopic (exact) mass is 216 g/mol. The Bertz CT molecular complexity index is 89.5. The van der Waals surface area contributed by atoms with Gasteiger partial charge in [0.1, 0.15) is 0 Å². The second kappa shape index (κ2) is 9.55. The van der Waals surface area contributed by atoms with Gasteiger partial charge in [0.05, 0.1) is 6.61 Å². The van der Waals surface area contributed by atoms with Crippen molar-refractivity contribution in [1.29, 1.82) is 0 Å². The smallest absolute Gasteiger partial charge is 0.0589 e. The first kappa shape index (κ1) is 15.0. The minimum Gasteiger partial charge on any atom is -0.383 e. The van der Waals surface area contributed by atoms with Crippen molar-refractivity contribution in [3.8, 4) is 0 Å². The Morgan fingerprint density at radius 3 is 2.33 bits per heavy atom. The Balaban J connectivity index is 0. The molecule has 0 aromatic rings. The van der Waals surface area contributed by atoms with Gasteiger partial charge >= 0.3 is 0 Å². The first-order valence-electron chi connectivity index (χ1n) is 3.85. The second-order valence-corrected chi connectivity index (χ2v) is 2.58. The summed E-state index contributed by atoms with van der Waals surface area (Å²) in [6.45, 7) is 6.54. The highest BCUT2D eigenvalue weighted by molar-refractivity contribution is 5.85. The molecule has 1 rings (SSSR count). The van der Waals surface area contributed by atoms with Gasteiger partial charge < -0.3 is 10.1 Å². The number of nitrogens with zero attached hydrogens (tertiary/aromatic N) is 1. The van der Waals surface area contributed by atoms with Gasteiger partial charge in [0.15, 0.2) is 0 Å². The van der Waals surface area contributed by atoms with Crippen LogP contribution in [-0.2, 0) is 4.74 Å². The third-order valence-corrected chi connectivity index (χ3v) is 1.82. The molecule has 0 unspecified atom stereocenters. The molecular weight excluding hydrogens is 199 g/mol. The van der Waals surface area contributed by atoms with Gasteiger partial charge in [-0.15, -0.1) is 24.8 Å². The number of piperazine rings is 1. The molecule has 0 aromatic heterocycles. The molecule has 0 spiro atoms. The van der Waals surface area contributed by atoms with E-state index in [1.165, 1.54) is 13.1 Å². The van der Waals surface area contributed by atoms with Crippen LogP contribution < -0.4 is 5.32 Å². The van der Waals surface area contributed by atoms with Gasteiger partial charge in [-0.25, -0.2) is 0 Å². The molecule has 1 saturated heterocycles. The summed E-state index contributed by atoms with van der Waals surface area (Å²) in [7, 11) is 1.75. The largest absolute Gasteiger partial charge is 0.383 e. The molecule has 0 saturated carbocycles. The van der Waals surface area contributed by atoms with Crippen molar-refractivity contribution < 1.29 is 4.74 Å². The molecule has 1 fully saturated rings. The Hall–Kier alpha value is 0.460. The van der Waals surface area contributed by atoms with E-state index in [1.807, 2.05) is 0 Å². The number of hydrogen-bond donors (Lipinski definition) is 1. The summed E-state index contributed by atoms with van der Waals surface area (Å²) in [6, 6.07) is 0. The molecule has 3 nitrogen and oxygen atoms in total. The van der Waals surface area contributed by atoms with Gasteiger partial charge in [-0.2, -0.15) is 0 Å². The van der Waals surface area contributed by atoms with Crippen LogP contribution in [0.4, 0.5) is 0 Å². The van der Waals surface area contributed by atoms with Crippen molar-refractivity contribution >= 4 is 24.8 Å². The molecule has 1 aliphatic rings. The topological polar surface area (TPSA) is 24.5 Å². The fourth-order valence-electron chi connectivity index (χ4n) is 1.16. The molecule has 0 atom stereocenters. The molecule has 1 N–H and O–H groups in total. The average molecular weight is 217 g/mol. The van der Waals surface area contributed by atoms with E-state index in [2.05, 4.69) is 10.2 Å². The van der Waals surface area contributed by atoms with Crippen LogP contribution in [0.3, 0.4) is 0 Å². The SMILES string of the molecule is COCCN1CCNCC1.Cl.Cl. The maximum absolute atomic E-state index is 4.98. The van der Waals surface area contributed by atoms with Crippen LogP contribution in [0, 0.1) is 0 Å². The number of rotatable bonds is 3. The van der Waals surface area contributed by atoms with Crippen molar-refractivity contribution in [2.45, 2.75) is 0 Å². The molecule has 12 heavy (non-hydrogen) atoms. The van der Waals surface area contributed by atoms with E-state index in [1.54, 1.807) is 7.11 Å². The zero-order chi connectivity index (χ0) is 7.23. The Kier molecular flexibility index (Phi) is 11.9. The standard InChI is InChI=1S/C7H16N2O.2ClH/c1-10-7-6-9-4-2-8-3-5-9;;/h8H,2-7H2,1H3;2*1H. The number of hydrogen-bond acceptors (Lipinski definition) is 3. The lowest BCUT2D eigenvalue weighted by Crippen LogP contribution is -2.44. The van der Waals surface area contributed by atoms with E-state index in [0.717, 1.165) is 26.2 Å². The third-order valence-electron chi connectivity index (χ3n) is 1.82. The Morgan fingerprint density at radius 1 is 1.25 bits per heavy atom. The normalized spacial score (nSPS) is 17.8. The molecule has 0 aromatic carbocycles. The molecule has 0 bridgehead atoms. The van der Waals surface area contributed by atoms with Crippen LogP contribution in [0.25, 0.3) is 0 Å². The zero-order valence-corrected chi connectivity index (χ0v) is 9.05. The Morgan fingerprint density at radius 2 is 1.83 bits per heavy atom. The summed E-state index contributed by atoms with van der Waals surface area (Å²) in [6.07, 6.45) is 0. The predicted molar refractivity (Wildman–Crippen MR) is 55.7 cm³/mol. The highest BCUT2D eigenvalue weighted by atomic mass is 35.5. The van der Waals surface area contributed by atoms with Crippen molar-refractivity contribution in [3.05, 3.63) is 0 Å². The fourth-order valence-corrected chi connectivity index (χ4v) is 1.16. The van der Waals surface area contributed by atoms with Gasteiger partial charge in [-0.3, -0.25) is 4.90 Å². The van der Waals surface area contributed by atoms with Crippen molar-refractivity contribution in [3.63, 3.8) is 0 Å². The number of methoxy groups -OCH3 is 1. The minimum atomic E-state index is 0. The van der Waals surface area contributed by atoms with Crippen molar-refractivity contribution in [1.82, 2.24) is 10.2 Å². The maximum Gasteiger partial charge on any atom is 0.0589 e. The van der Waals surface area contributed by atoms with E-state index in [0.29, 0.717) is 0 Å². The highest BCUT2D eigenvalue weighted by Gasteiger charge is 2.07. The summed E-state index contributed by atoms with van der Waals surface area (Å²) in [5.41, 5.74) is 0. The number of nitrogens with one attached hydrogen (secondary N) is 1. The molecular formula is C7H18Cl2N2O. The van der Waals surface area contributed by atoms with Crippen LogP contribution in [0.2, 0.25) is 0 Å². The van der Waals surface area contributed by atoms with Crippen molar-refractivity contribution in [2.75, 3.05) is 46.4 Å². The lowest BCUT2D eigenvalue weighted by molar-refractivity contribution is 0.139. The van der Waals surface area contributed by atoms with Gasteiger partial charge in [0.25, 0.3) is 0 Å². The van der Waals surface area contributed by atoms with Crippen LogP contribution in [0.5, 0.6) is 0 Å². The van der Waals surface area contributed by atoms with Gasteiger partial charge in [-0.05, 0) is 0 Å². The van der Waals surface area contributed by atoms with E-state index in [-0.39, 0.29) is 24.8 Å². The predicted octanol–water partition coefficient (Wildman–Crippen LogP) is 0.382. The van der Waals surface area contributed by atoms with E-state index in [9.17, 15) is 0 Å². The first-order chi connectivity index (χ1) is 4.93. The van der Waals surface area contributed by atoms with Crippen LogP contribution in [0.1, 0.15) is 0 Å². The Labute approximate surface area is 86.7 Å². The molecule has 0 amide bonds. The van der Waals surface area contributed by atoms with E-state index < -0.39 is 0 Å².